The van der Waals surface area contributed by atoms with Gasteiger partial charge in [0, 0.05) is 12.2 Å². The predicted molar refractivity (Wildman–Crippen MR) is 71.3 cm³/mol. The van der Waals surface area contributed by atoms with Crippen molar-refractivity contribution in [2.45, 2.75) is 19.9 Å². The summed E-state index contributed by atoms with van der Waals surface area (Å²) in [6.07, 6.45) is 2.48. The van der Waals surface area contributed by atoms with E-state index in [1.165, 1.54) is 23.4 Å². The molecule has 0 aliphatic heterocycles. The van der Waals surface area contributed by atoms with E-state index in [0.29, 0.717) is 0 Å². The number of amides is 3. The molecule has 4 N–H and O–H groups in total. The quantitative estimate of drug-likeness (QED) is 0.724. The van der Waals surface area contributed by atoms with Crippen molar-refractivity contribution in [2.24, 2.45) is 5.73 Å². The van der Waals surface area contributed by atoms with Gasteiger partial charge in [-0.2, -0.15) is 0 Å². The van der Waals surface area contributed by atoms with Crippen molar-refractivity contribution in [1.29, 1.82) is 0 Å². The molecular formula is C12H16N4O4. The van der Waals surface area contributed by atoms with Crippen LogP contribution >= 0.6 is 0 Å². The molecule has 1 heterocycles. The van der Waals surface area contributed by atoms with Gasteiger partial charge in [-0.3, -0.25) is 9.78 Å². The van der Waals surface area contributed by atoms with E-state index in [9.17, 15) is 14.4 Å². The van der Waals surface area contributed by atoms with Gasteiger partial charge in [0.05, 0.1) is 17.4 Å². The van der Waals surface area contributed by atoms with Crippen LogP contribution in [0.25, 0.3) is 0 Å². The molecule has 8 nitrogen and oxygen atoms in total. The zero-order valence-corrected chi connectivity index (χ0v) is 11.2. The number of aromatic carboxylic acids is 1. The Hall–Kier alpha value is -2.64. The Morgan fingerprint density at radius 3 is 2.55 bits per heavy atom. The van der Waals surface area contributed by atoms with Gasteiger partial charge in [-0.1, -0.05) is 0 Å². The molecule has 0 radical (unpaired) electrons. The summed E-state index contributed by atoms with van der Waals surface area (Å²) in [4.78, 5) is 38.7. The van der Waals surface area contributed by atoms with Gasteiger partial charge < -0.3 is 21.1 Å². The van der Waals surface area contributed by atoms with Crippen LogP contribution in [0.3, 0.4) is 0 Å². The summed E-state index contributed by atoms with van der Waals surface area (Å²) in [5, 5.41) is 11.3. The summed E-state index contributed by atoms with van der Waals surface area (Å²) in [6.45, 7) is 3.23. The van der Waals surface area contributed by atoms with Crippen LogP contribution in [0.2, 0.25) is 0 Å². The minimum Gasteiger partial charge on any atom is -0.478 e. The van der Waals surface area contributed by atoms with Crippen LogP contribution in [0.5, 0.6) is 0 Å². The van der Waals surface area contributed by atoms with Crippen LogP contribution in [0, 0.1) is 0 Å². The summed E-state index contributed by atoms with van der Waals surface area (Å²) in [6, 6.07) is 0.483. The number of carboxylic acids is 1. The lowest BCUT2D eigenvalue weighted by molar-refractivity contribution is -0.118. The third-order valence-corrected chi connectivity index (χ3v) is 2.45. The Kier molecular flexibility index (Phi) is 5.01. The average molecular weight is 280 g/mol. The number of anilines is 1. The van der Waals surface area contributed by atoms with Crippen LogP contribution in [-0.2, 0) is 4.79 Å². The van der Waals surface area contributed by atoms with Gasteiger partial charge in [0.2, 0.25) is 5.91 Å². The van der Waals surface area contributed by atoms with Gasteiger partial charge in [-0.15, -0.1) is 0 Å². The smallest absolute Gasteiger partial charge is 0.337 e. The summed E-state index contributed by atoms with van der Waals surface area (Å²) < 4.78 is 0. The molecule has 0 aliphatic rings. The molecule has 0 fully saturated rings. The van der Waals surface area contributed by atoms with Crippen LogP contribution < -0.4 is 11.1 Å². The molecule has 1 aromatic rings. The lowest BCUT2D eigenvalue weighted by Gasteiger charge is -2.25. The Bertz CT molecular complexity index is 530. The summed E-state index contributed by atoms with van der Waals surface area (Å²) in [5.74, 6) is -1.78. The van der Waals surface area contributed by atoms with Crippen LogP contribution in [0.4, 0.5) is 10.5 Å². The largest absolute Gasteiger partial charge is 0.478 e. The van der Waals surface area contributed by atoms with E-state index in [4.69, 9.17) is 10.8 Å². The number of nitrogens with two attached hydrogens (primary N) is 1. The van der Waals surface area contributed by atoms with Crippen molar-refractivity contribution < 1.29 is 19.5 Å². The topological polar surface area (TPSA) is 126 Å². The van der Waals surface area contributed by atoms with Crippen molar-refractivity contribution >= 4 is 23.6 Å². The minimum absolute atomic E-state index is 0.0474. The number of nitrogens with one attached hydrogen (secondary N) is 1. The van der Waals surface area contributed by atoms with Gasteiger partial charge in [-0.05, 0) is 19.9 Å². The minimum atomic E-state index is -1.15. The van der Waals surface area contributed by atoms with E-state index in [0.717, 1.165) is 0 Å². The lowest BCUT2D eigenvalue weighted by atomic mass is 10.2. The van der Waals surface area contributed by atoms with E-state index >= 15 is 0 Å². The monoisotopic (exact) mass is 280 g/mol. The Balaban J connectivity index is 2.85. The van der Waals surface area contributed by atoms with Crippen LogP contribution in [-0.4, -0.2) is 45.5 Å². The molecule has 20 heavy (non-hydrogen) atoms. The first-order chi connectivity index (χ1) is 9.31. The summed E-state index contributed by atoms with van der Waals surface area (Å²) >= 11 is 0. The molecule has 0 aromatic carbocycles. The third-order valence-electron chi connectivity index (χ3n) is 2.45. The normalized spacial score (nSPS) is 10.2. The third kappa shape index (κ3) is 4.23. The highest BCUT2D eigenvalue weighted by atomic mass is 16.4. The van der Waals surface area contributed by atoms with Gasteiger partial charge in [0.25, 0.3) is 0 Å². The van der Waals surface area contributed by atoms with E-state index in [1.807, 2.05) is 0 Å². The van der Waals surface area contributed by atoms with Crippen molar-refractivity contribution in [3.63, 3.8) is 0 Å². The molecule has 0 saturated carbocycles. The maximum absolute atomic E-state index is 12.0. The second kappa shape index (κ2) is 6.50. The Morgan fingerprint density at radius 1 is 1.40 bits per heavy atom. The molecule has 108 valence electrons. The van der Waals surface area contributed by atoms with Crippen molar-refractivity contribution in [1.82, 2.24) is 9.88 Å². The van der Waals surface area contributed by atoms with E-state index in [1.54, 1.807) is 13.8 Å². The molecule has 0 unspecified atom stereocenters. The second-order valence-electron chi connectivity index (χ2n) is 4.39. The molecule has 1 rings (SSSR count). The average Bonchev–Trinajstić information content (AvgIpc) is 2.35. The van der Waals surface area contributed by atoms with E-state index in [-0.39, 0.29) is 23.8 Å². The summed E-state index contributed by atoms with van der Waals surface area (Å²) in [7, 11) is 0. The number of rotatable bonds is 5. The number of hydrogen-bond donors (Lipinski definition) is 3. The van der Waals surface area contributed by atoms with E-state index < -0.39 is 17.9 Å². The molecule has 0 atom stereocenters. The molecule has 0 bridgehead atoms. The van der Waals surface area contributed by atoms with Gasteiger partial charge >= 0.3 is 12.0 Å². The molecule has 3 amide bonds. The standard InChI is InChI=1S/C12H16N4O4/c1-7(2)16(6-10(13)17)12(20)15-9-3-8(11(18)19)4-14-5-9/h3-5,7H,6H2,1-2H3,(H2,13,17)(H,15,20)(H,18,19). The highest BCUT2D eigenvalue weighted by Crippen LogP contribution is 2.10. The maximum atomic E-state index is 12.0. The Labute approximate surface area is 115 Å². The number of urea groups is 1. The maximum Gasteiger partial charge on any atom is 0.337 e. The number of carboxylic acid groups (broad SMARTS) is 1. The number of aromatic nitrogens is 1. The second-order valence-corrected chi connectivity index (χ2v) is 4.39. The SMILES string of the molecule is CC(C)N(CC(N)=O)C(=O)Nc1cncc(C(=O)O)c1. The Morgan fingerprint density at radius 2 is 2.05 bits per heavy atom. The molecule has 0 spiro atoms. The number of carbonyl (C=O) groups excluding carboxylic acids is 2. The van der Waals surface area contributed by atoms with E-state index in [2.05, 4.69) is 10.3 Å². The number of nitrogens with zero attached hydrogens (tertiary/aromatic N) is 2. The molecule has 0 saturated heterocycles. The molecule has 1 aromatic heterocycles. The number of primary amides is 1. The fourth-order valence-electron chi connectivity index (χ4n) is 1.48. The van der Waals surface area contributed by atoms with Crippen molar-refractivity contribution in [2.75, 3.05) is 11.9 Å². The van der Waals surface area contributed by atoms with Gasteiger partial charge in [0.1, 0.15) is 6.54 Å². The lowest BCUT2D eigenvalue weighted by Crippen LogP contribution is -2.45. The first kappa shape index (κ1) is 15.4. The fraction of sp³-hybridized carbons (Fsp3) is 0.333. The number of carbonyl (C=O) groups is 3. The van der Waals surface area contributed by atoms with Crippen molar-refractivity contribution in [3.8, 4) is 0 Å². The highest BCUT2D eigenvalue weighted by Gasteiger charge is 2.19. The zero-order valence-electron chi connectivity index (χ0n) is 11.2. The fourth-order valence-corrected chi connectivity index (χ4v) is 1.48. The van der Waals surface area contributed by atoms with Gasteiger partial charge in [0.15, 0.2) is 0 Å². The van der Waals surface area contributed by atoms with Crippen LogP contribution in [0.1, 0.15) is 24.2 Å². The number of pyridine rings is 1. The van der Waals surface area contributed by atoms with Crippen molar-refractivity contribution in [3.05, 3.63) is 24.0 Å². The zero-order chi connectivity index (χ0) is 15.3. The molecule has 8 heteroatoms. The highest BCUT2D eigenvalue weighted by molar-refractivity contribution is 5.94. The van der Waals surface area contributed by atoms with Crippen LogP contribution in [0.15, 0.2) is 18.5 Å². The molecule has 0 aliphatic carbocycles. The summed E-state index contributed by atoms with van der Waals surface area (Å²) in [5.41, 5.74) is 5.25. The predicted octanol–water partition coefficient (Wildman–Crippen LogP) is 0.507. The first-order valence-electron chi connectivity index (χ1n) is 5.85. The first-order valence-corrected chi connectivity index (χ1v) is 5.85. The number of hydrogen-bond acceptors (Lipinski definition) is 4. The van der Waals surface area contributed by atoms with Gasteiger partial charge in [-0.25, -0.2) is 9.59 Å². The molecular weight excluding hydrogens is 264 g/mol.